The van der Waals surface area contributed by atoms with Crippen LogP contribution >= 0.6 is 11.3 Å². The largest absolute Gasteiger partial charge is 0.382 e. The Labute approximate surface area is 182 Å². The first kappa shape index (κ1) is 20.9. The van der Waals surface area contributed by atoms with Crippen molar-refractivity contribution in [3.05, 3.63) is 29.1 Å². The maximum atomic E-state index is 13.1. The van der Waals surface area contributed by atoms with E-state index in [2.05, 4.69) is 65.3 Å². The third-order valence-corrected chi connectivity index (χ3v) is 7.24. The van der Waals surface area contributed by atoms with E-state index in [0.29, 0.717) is 15.8 Å². The van der Waals surface area contributed by atoms with Crippen LogP contribution in [0.1, 0.15) is 42.8 Å². The molecule has 0 radical (unpaired) electrons. The molecule has 3 N–H and O–H groups in total. The molecular weight excluding hydrogens is 396 g/mol. The monoisotopic (exact) mass is 428 g/mol. The highest BCUT2D eigenvalue weighted by Gasteiger charge is 2.32. The highest BCUT2D eigenvalue weighted by Crippen LogP contribution is 2.32. The lowest BCUT2D eigenvalue weighted by molar-refractivity contribution is 0.0516. The molecule has 2 atom stereocenters. The molecule has 0 saturated carbocycles. The molecule has 0 spiro atoms. The molecule has 162 valence electrons. The molecule has 4 rings (SSSR count). The van der Waals surface area contributed by atoms with Crippen LogP contribution in [0.4, 0.5) is 22.3 Å². The van der Waals surface area contributed by atoms with Gasteiger partial charge < -0.3 is 25.8 Å². The van der Waals surface area contributed by atoms with Crippen molar-refractivity contribution < 1.29 is 4.79 Å². The van der Waals surface area contributed by atoms with Gasteiger partial charge in [-0.15, -0.1) is 0 Å². The number of nitrogens with one attached hydrogen (secondary N) is 1. The minimum Gasteiger partial charge on any atom is -0.382 e. The minimum absolute atomic E-state index is 0.00293. The number of carbonyl (C=O) groups excluding carboxylic acids is 1. The van der Waals surface area contributed by atoms with Gasteiger partial charge in [-0.3, -0.25) is 4.79 Å². The number of nitrogens with zero attached hydrogens (tertiary/aromatic N) is 4. The van der Waals surface area contributed by atoms with E-state index in [4.69, 9.17) is 5.73 Å². The topological polar surface area (TPSA) is 77.7 Å². The van der Waals surface area contributed by atoms with Crippen LogP contribution in [-0.4, -0.2) is 66.0 Å². The van der Waals surface area contributed by atoms with Gasteiger partial charge in [0.05, 0.1) is 0 Å². The number of thiazole rings is 1. The van der Waals surface area contributed by atoms with E-state index in [-0.39, 0.29) is 18.0 Å². The summed E-state index contributed by atoms with van der Waals surface area (Å²) in [5, 5.41) is 3.97. The third-order valence-electron chi connectivity index (χ3n) is 6.26. The number of piperidine rings is 1. The standard InChI is InChI=1S/C22H32N6OS/c1-15-5-4-6-16(2)28(15)21(29)19-20(23)25-22(30-19)24-17-7-9-18(10-8-17)27-13-11-26(3)12-14-27/h7-10,15-16H,4-6,11-14,23H2,1-3H3,(H,24,25)/t15-,16+. The number of anilines is 4. The Balaban J connectivity index is 1.44. The number of benzene rings is 1. The molecular formula is C22H32N6OS. The number of amides is 1. The van der Waals surface area contributed by atoms with E-state index in [1.165, 1.54) is 23.4 Å². The van der Waals surface area contributed by atoms with E-state index in [9.17, 15) is 4.79 Å². The number of nitrogens with two attached hydrogens (primary N) is 1. The Morgan fingerprint density at radius 1 is 1.10 bits per heavy atom. The molecule has 0 aliphatic carbocycles. The van der Waals surface area contributed by atoms with Crippen molar-refractivity contribution in [2.75, 3.05) is 49.2 Å². The van der Waals surface area contributed by atoms with Crippen LogP contribution < -0.4 is 16.0 Å². The highest BCUT2D eigenvalue weighted by atomic mass is 32.1. The van der Waals surface area contributed by atoms with Crippen LogP contribution in [-0.2, 0) is 0 Å². The summed E-state index contributed by atoms with van der Waals surface area (Å²) >= 11 is 1.34. The van der Waals surface area contributed by atoms with Gasteiger partial charge in [0.1, 0.15) is 10.7 Å². The number of likely N-dealkylation sites (N-methyl/N-ethyl adjacent to an activating group) is 1. The summed E-state index contributed by atoms with van der Waals surface area (Å²) in [6.45, 7) is 8.50. The van der Waals surface area contributed by atoms with Crippen molar-refractivity contribution in [3.8, 4) is 0 Å². The lowest BCUT2D eigenvalue weighted by atomic mass is 9.97. The van der Waals surface area contributed by atoms with E-state index in [1.807, 2.05) is 4.90 Å². The van der Waals surface area contributed by atoms with Gasteiger partial charge in [0.25, 0.3) is 5.91 Å². The van der Waals surface area contributed by atoms with Crippen molar-refractivity contribution >= 4 is 39.6 Å². The maximum Gasteiger partial charge on any atom is 0.268 e. The SMILES string of the molecule is C[C@@H]1CCC[C@H](C)N1C(=O)c1sc(Nc2ccc(N3CCN(C)CC3)cc2)nc1N. The zero-order chi connectivity index (χ0) is 21.3. The Bertz CT molecular complexity index is 864. The number of piperazine rings is 1. The lowest BCUT2D eigenvalue weighted by Crippen LogP contribution is -2.47. The molecule has 2 aliphatic rings. The second-order valence-corrected chi connectivity index (χ2v) is 9.54. The zero-order valence-corrected chi connectivity index (χ0v) is 18.9. The Kier molecular flexibility index (Phi) is 6.15. The van der Waals surface area contributed by atoms with Gasteiger partial charge in [0.15, 0.2) is 5.13 Å². The van der Waals surface area contributed by atoms with Crippen molar-refractivity contribution in [2.45, 2.75) is 45.2 Å². The van der Waals surface area contributed by atoms with Crippen molar-refractivity contribution in [3.63, 3.8) is 0 Å². The number of rotatable bonds is 4. The van der Waals surface area contributed by atoms with Crippen LogP contribution in [0.25, 0.3) is 0 Å². The Morgan fingerprint density at radius 3 is 2.37 bits per heavy atom. The Morgan fingerprint density at radius 2 is 1.73 bits per heavy atom. The van der Waals surface area contributed by atoms with Crippen molar-refractivity contribution in [1.82, 2.24) is 14.8 Å². The molecule has 2 aromatic rings. The molecule has 30 heavy (non-hydrogen) atoms. The lowest BCUT2D eigenvalue weighted by Gasteiger charge is -2.38. The van der Waals surface area contributed by atoms with Gasteiger partial charge in [-0.2, -0.15) is 0 Å². The molecule has 3 heterocycles. The minimum atomic E-state index is 0.00293. The summed E-state index contributed by atoms with van der Waals surface area (Å²) in [5.41, 5.74) is 8.30. The summed E-state index contributed by atoms with van der Waals surface area (Å²) in [6.07, 6.45) is 3.25. The van der Waals surface area contributed by atoms with Crippen molar-refractivity contribution in [1.29, 1.82) is 0 Å². The van der Waals surface area contributed by atoms with Crippen LogP contribution in [0.3, 0.4) is 0 Å². The number of likely N-dealkylation sites (tertiary alicyclic amines) is 1. The summed E-state index contributed by atoms with van der Waals surface area (Å²) < 4.78 is 0. The van der Waals surface area contributed by atoms with Gasteiger partial charge >= 0.3 is 0 Å². The van der Waals surface area contributed by atoms with E-state index in [0.717, 1.165) is 44.7 Å². The van der Waals surface area contributed by atoms with Crippen molar-refractivity contribution in [2.24, 2.45) is 0 Å². The number of hydrogen-bond acceptors (Lipinski definition) is 7. The summed E-state index contributed by atoms with van der Waals surface area (Å²) in [6, 6.07) is 8.85. The van der Waals surface area contributed by atoms with Crippen LogP contribution in [0.5, 0.6) is 0 Å². The van der Waals surface area contributed by atoms with E-state index < -0.39 is 0 Å². The molecule has 0 unspecified atom stereocenters. The summed E-state index contributed by atoms with van der Waals surface area (Å²) in [7, 11) is 2.16. The molecule has 1 aromatic heterocycles. The molecule has 1 aromatic carbocycles. The quantitative estimate of drug-likeness (QED) is 0.774. The van der Waals surface area contributed by atoms with Gasteiger partial charge in [0, 0.05) is 49.6 Å². The second-order valence-electron chi connectivity index (χ2n) is 8.54. The maximum absolute atomic E-state index is 13.1. The van der Waals surface area contributed by atoms with Crippen LogP contribution in [0.2, 0.25) is 0 Å². The first-order chi connectivity index (χ1) is 14.4. The summed E-state index contributed by atoms with van der Waals surface area (Å²) in [5.74, 6) is 0.315. The van der Waals surface area contributed by atoms with Crippen LogP contribution in [0, 0.1) is 0 Å². The predicted octanol–water partition coefficient (Wildman–Crippen LogP) is 3.62. The molecule has 8 heteroatoms. The van der Waals surface area contributed by atoms with Gasteiger partial charge in [-0.05, 0) is 64.4 Å². The average molecular weight is 429 g/mol. The predicted molar refractivity (Wildman–Crippen MR) is 125 cm³/mol. The number of carbonyl (C=O) groups is 1. The normalized spacial score (nSPS) is 22.9. The third kappa shape index (κ3) is 4.39. The van der Waals surface area contributed by atoms with E-state index in [1.54, 1.807) is 0 Å². The van der Waals surface area contributed by atoms with E-state index >= 15 is 0 Å². The molecule has 7 nitrogen and oxygen atoms in total. The van der Waals surface area contributed by atoms with Gasteiger partial charge in [0.2, 0.25) is 0 Å². The molecule has 0 bridgehead atoms. The zero-order valence-electron chi connectivity index (χ0n) is 18.1. The number of aromatic nitrogens is 1. The molecule has 2 fully saturated rings. The van der Waals surface area contributed by atoms with Gasteiger partial charge in [-0.25, -0.2) is 4.98 Å². The number of hydrogen-bond donors (Lipinski definition) is 2. The van der Waals surface area contributed by atoms with Gasteiger partial charge in [-0.1, -0.05) is 11.3 Å². The fraction of sp³-hybridized carbons (Fsp3) is 0.545. The number of nitrogen functional groups attached to an aromatic ring is 1. The molecule has 2 aliphatic heterocycles. The molecule has 2 saturated heterocycles. The Hall–Kier alpha value is -2.32. The fourth-order valence-electron chi connectivity index (χ4n) is 4.42. The summed E-state index contributed by atoms with van der Waals surface area (Å²) in [4.78, 5) is 24.8. The average Bonchev–Trinajstić information content (AvgIpc) is 3.09. The smallest absolute Gasteiger partial charge is 0.268 e. The fourth-order valence-corrected chi connectivity index (χ4v) is 5.27. The first-order valence-corrected chi connectivity index (χ1v) is 11.6. The second kappa shape index (κ2) is 8.81. The highest BCUT2D eigenvalue weighted by molar-refractivity contribution is 7.18. The van der Waals surface area contributed by atoms with Crippen LogP contribution in [0.15, 0.2) is 24.3 Å². The molecule has 1 amide bonds. The first-order valence-electron chi connectivity index (χ1n) is 10.8.